The normalized spacial score (nSPS) is 21.2. The summed E-state index contributed by atoms with van der Waals surface area (Å²) in [5, 5.41) is 9.53. The molecule has 82 valence electrons. The zero-order valence-electron chi connectivity index (χ0n) is 7.88. The summed E-state index contributed by atoms with van der Waals surface area (Å²) in [5.41, 5.74) is 0.0353. The van der Waals surface area contributed by atoms with E-state index in [2.05, 4.69) is 4.98 Å². The lowest BCUT2D eigenvalue weighted by Gasteiger charge is -2.21. The number of pyridine rings is 1. The van der Waals surface area contributed by atoms with Crippen LogP contribution in [0.25, 0.3) is 0 Å². The van der Waals surface area contributed by atoms with Crippen molar-refractivity contribution in [1.29, 1.82) is 0 Å². The molecule has 0 aliphatic heterocycles. The third-order valence-electron chi connectivity index (χ3n) is 2.55. The van der Waals surface area contributed by atoms with Crippen LogP contribution in [0.15, 0.2) is 12.1 Å². The summed E-state index contributed by atoms with van der Waals surface area (Å²) in [5.74, 6) is 0. The van der Waals surface area contributed by atoms with Crippen LogP contribution in [0.1, 0.15) is 35.9 Å². The first-order valence-electron chi connectivity index (χ1n) is 4.73. The highest BCUT2D eigenvalue weighted by Gasteiger charge is 2.33. The highest BCUT2D eigenvalue weighted by Crippen LogP contribution is 2.33. The first kappa shape index (κ1) is 10.4. The summed E-state index contributed by atoms with van der Waals surface area (Å²) >= 11 is 0. The zero-order chi connectivity index (χ0) is 11.1. The molecule has 1 aliphatic rings. The van der Waals surface area contributed by atoms with Crippen molar-refractivity contribution in [3.63, 3.8) is 0 Å². The molecule has 1 atom stereocenters. The molecule has 0 spiro atoms. The fourth-order valence-corrected chi connectivity index (χ4v) is 1.79. The summed E-state index contributed by atoms with van der Waals surface area (Å²) < 4.78 is 37.0. The molecule has 2 nitrogen and oxygen atoms in total. The van der Waals surface area contributed by atoms with Crippen molar-refractivity contribution in [3.05, 3.63) is 29.1 Å². The number of halogens is 3. The van der Waals surface area contributed by atoms with E-state index in [1.807, 2.05) is 0 Å². The predicted octanol–water partition coefficient (Wildman–Crippen LogP) is 2.47. The van der Waals surface area contributed by atoms with Crippen molar-refractivity contribution in [2.75, 3.05) is 0 Å². The van der Waals surface area contributed by atoms with E-state index in [-0.39, 0.29) is 0 Å². The number of aryl methyl sites for hydroxylation is 1. The van der Waals surface area contributed by atoms with Gasteiger partial charge in [-0.2, -0.15) is 13.2 Å². The number of alkyl halides is 3. The van der Waals surface area contributed by atoms with Gasteiger partial charge in [0.15, 0.2) is 0 Å². The van der Waals surface area contributed by atoms with E-state index in [1.54, 1.807) is 0 Å². The maximum Gasteiger partial charge on any atom is 0.433 e. The van der Waals surface area contributed by atoms with E-state index in [9.17, 15) is 18.3 Å². The fraction of sp³-hybridized carbons (Fsp3) is 0.500. The molecule has 0 bridgehead atoms. The Morgan fingerprint density at radius 1 is 1.33 bits per heavy atom. The average Bonchev–Trinajstić information content (AvgIpc) is 2.16. The molecule has 2 rings (SSSR count). The van der Waals surface area contributed by atoms with Crippen LogP contribution in [0.4, 0.5) is 13.2 Å². The fourth-order valence-electron chi connectivity index (χ4n) is 1.79. The molecule has 1 aromatic rings. The molecule has 0 saturated carbocycles. The number of hydrogen-bond acceptors (Lipinski definition) is 2. The molecule has 1 aromatic heterocycles. The second-order valence-corrected chi connectivity index (χ2v) is 3.64. The van der Waals surface area contributed by atoms with Crippen LogP contribution in [0.3, 0.4) is 0 Å². The molecule has 0 amide bonds. The van der Waals surface area contributed by atoms with Crippen molar-refractivity contribution in [2.45, 2.75) is 31.5 Å². The molecule has 0 radical (unpaired) electrons. The van der Waals surface area contributed by atoms with Gasteiger partial charge in [0, 0.05) is 11.3 Å². The highest BCUT2D eigenvalue weighted by atomic mass is 19.4. The molecule has 0 saturated heterocycles. The van der Waals surface area contributed by atoms with Crippen molar-refractivity contribution in [2.24, 2.45) is 0 Å². The van der Waals surface area contributed by atoms with Crippen LogP contribution in [0, 0.1) is 0 Å². The minimum absolute atomic E-state index is 0.378. The van der Waals surface area contributed by atoms with Crippen molar-refractivity contribution in [1.82, 2.24) is 4.98 Å². The predicted molar refractivity (Wildman–Crippen MR) is 47.1 cm³/mol. The van der Waals surface area contributed by atoms with Crippen molar-refractivity contribution >= 4 is 0 Å². The third kappa shape index (κ3) is 1.97. The maximum atomic E-state index is 12.3. The number of rotatable bonds is 0. The lowest BCUT2D eigenvalue weighted by Crippen LogP contribution is -2.15. The molecule has 1 aliphatic carbocycles. The molecule has 0 unspecified atom stereocenters. The maximum absolute atomic E-state index is 12.3. The van der Waals surface area contributed by atoms with E-state index in [4.69, 9.17) is 0 Å². The van der Waals surface area contributed by atoms with Gasteiger partial charge in [0.05, 0.1) is 6.10 Å². The lowest BCUT2D eigenvalue weighted by molar-refractivity contribution is -0.141. The van der Waals surface area contributed by atoms with Gasteiger partial charge in [-0.15, -0.1) is 0 Å². The van der Waals surface area contributed by atoms with Gasteiger partial charge < -0.3 is 5.11 Å². The van der Waals surface area contributed by atoms with Crippen LogP contribution < -0.4 is 0 Å². The van der Waals surface area contributed by atoms with Gasteiger partial charge in [0.2, 0.25) is 0 Å². The molecule has 1 N–H and O–H groups in total. The van der Waals surface area contributed by atoms with Crippen LogP contribution >= 0.6 is 0 Å². The van der Waals surface area contributed by atoms with Gasteiger partial charge in [-0.3, -0.25) is 0 Å². The first-order chi connectivity index (χ1) is 6.98. The van der Waals surface area contributed by atoms with Crippen molar-refractivity contribution < 1.29 is 18.3 Å². The number of aliphatic hydroxyl groups excluding tert-OH is 1. The lowest BCUT2D eigenvalue weighted by atomic mass is 9.93. The van der Waals surface area contributed by atoms with Crippen LogP contribution in [-0.2, 0) is 12.6 Å². The third-order valence-corrected chi connectivity index (χ3v) is 2.55. The Morgan fingerprint density at radius 2 is 2.07 bits per heavy atom. The molecule has 0 aromatic carbocycles. The van der Waals surface area contributed by atoms with Crippen molar-refractivity contribution in [3.8, 4) is 0 Å². The average molecular weight is 217 g/mol. The first-order valence-corrected chi connectivity index (χ1v) is 4.73. The van der Waals surface area contributed by atoms with E-state index in [0.717, 1.165) is 6.07 Å². The zero-order valence-corrected chi connectivity index (χ0v) is 7.88. The quantitative estimate of drug-likeness (QED) is 0.724. The summed E-state index contributed by atoms with van der Waals surface area (Å²) in [4.78, 5) is 3.55. The minimum Gasteiger partial charge on any atom is -0.388 e. The van der Waals surface area contributed by atoms with Gasteiger partial charge in [-0.25, -0.2) is 4.98 Å². The van der Waals surface area contributed by atoms with E-state index < -0.39 is 18.0 Å². The number of aliphatic hydroxyl groups is 1. The summed E-state index contributed by atoms with van der Waals surface area (Å²) in [7, 11) is 0. The number of hydrogen-bond donors (Lipinski definition) is 1. The number of fused-ring (bicyclic) bond motifs is 1. The molecule has 15 heavy (non-hydrogen) atoms. The summed E-state index contributed by atoms with van der Waals surface area (Å²) in [6.07, 6.45) is -3.28. The standard InChI is InChI=1S/C10H10F3NO/c11-10(12,13)9-5-4-6-7(14-9)2-1-3-8(6)15/h4-5,8,15H,1-3H2/t8-/m1/s1. The summed E-state index contributed by atoms with van der Waals surface area (Å²) in [6.45, 7) is 0. The highest BCUT2D eigenvalue weighted by molar-refractivity contribution is 5.28. The Hall–Kier alpha value is -1.10. The number of nitrogens with zero attached hydrogens (tertiary/aromatic N) is 1. The minimum atomic E-state index is -4.41. The Kier molecular flexibility index (Phi) is 2.42. The van der Waals surface area contributed by atoms with Gasteiger partial charge in [-0.1, -0.05) is 6.07 Å². The Morgan fingerprint density at radius 3 is 2.73 bits per heavy atom. The monoisotopic (exact) mass is 217 g/mol. The van der Waals surface area contributed by atoms with E-state index in [1.165, 1.54) is 6.07 Å². The SMILES string of the molecule is O[C@@H]1CCCc2nc(C(F)(F)F)ccc21. The number of aromatic nitrogens is 1. The topological polar surface area (TPSA) is 33.1 Å². The smallest absolute Gasteiger partial charge is 0.388 e. The van der Waals surface area contributed by atoms with Crippen LogP contribution in [0.5, 0.6) is 0 Å². The van der Waals surface area contributed by atoms with Crippen LogP contribution in [-0.4, -0.2) is 10.1 Å². The van der Waals surface area contributed by atoms with Gasteiger partial charge in [0.1, 0.15) is 5.69 Å². The Balaban J connectivity index is 2.42. The molecule has 5 heteroatoms. The van der Waals surface area contributed by atoms with Gasteiger partial charge in [0.25, 0.3) is 0 Å². The largest absolute Gasteiger partial charge is 0.433 e. The van der Waals surface area contributed by atoms with Gasteiger partial charge >= 0.3 is 6.18 Å². The van der Waals surface area contributed by atoms with E-state index in [0.29, 0.717) is 30.5 Å². The molecular weight excluding hydrogens is 207 g/mol. The molecule has 0 fully saturated rings. The summed E-state index contributed by atoms with van der Waals surface area (Å²) in [6, 6.07) is 2.25. The second-order valence-electron chi connectivity index (χ2n) is 3.64. The second kappa shape index (κ2) is 3.48. The van der Waals surface area contributed by atoms with Gasteiger partial charge in [-0.05, 0) is 25.3 Å². The van der Waals surface area contributed by atoms with E-state index >= 15 is 0 Å². The molecule has 1 heterocycles. The Labute approximate surface area is 84.8 Å². The molecular formula is C10H10F3NO. The van der Waals surface area contributed by atoms with Crippen LogP contribution in [0.2, 0.25) is 0 Å². The Bertz CT molecular complexity index is 375.